The first-order chi connectivity index (χ1) is 31.9. The third kappa shape index (κ3) is 10.1. The quantitative estimate of drug-likeness (QED) is 0.0965. The number of aliphatic imine (C=N–C) groups is 1. The standard InChI is InChI=1S/C45H51ClN10O9S/c1-26-27(2)66-45-38(26)40(29-7-9-30(46)10-8-29)48-33(41-51-50-28(3)55(41)45)25-37(59)53-15-17-54(18-16-53)52-36(58)13-19-63-21-23-65-24-22-64-20-14-47-32-6-4-5-31-39(32)44(62)56(43(31)61)34-11-12-35(57)49-42(34)60/h4-10,33-34,47H,11-25H2,1-3H3,(H,52,58)(H,49,57,60)/t33-,34?/m0/s1. The summed E-state index contributed by atoms with van der Waals surface area (Å²) in [5.74, 6) is -1.12. The molecule has 3 N–H and O–H groups in total. The molecule has 0 spiro atoms. The van der Waals surface area contributed by atoms with Crippen LogP contribution in [0.4, 0.5) is 5.69 Å². The summed E-state index contributed by atoms with van der Waals surface area (Å²) < 4.78 is 18.8. The van der Waals surface area contributed by atoms with Gasteiger partial charge in [0, 0.05) is 65.9 Å². The van der Waals surface area contributed by atoms with Crippen molar-refractivity contribution in [3.63, 3.8) is 0 Å². The lowest BCUT2D eigenvalue weighted by molar-refractivity contribution is -0.137. The van der Waals surface area contributed by atoms with Gasteiger partial charge in [-0.25, -0.2) is 5.01 Å². The molecule has 4 aliphatic heterocycles. The number of piperidine rings is 1. The number of aryl methyl sites for hydroxylation is 2. The summed E-state index contributed by atoms with van der Waals surface area (Å²) in [6.07, 6.45) is 0.409. The number of thiophene rings is 1. The Morgan fingerprint density at radius 3 is 2.30 bits per heavy atom. The molecule has 348 valence electrons. The first-order valence-corrected chi connectivity index (χ1v) is 23.1. The monoisotopic (exact) mass is 942 g/mol. The smallest absolute Gasteiger partial charge is 0.264 e. The molecule has 0 aliphatic carbocycles. The van der Waals surface area contributed by atoms with E-state index in [4.69, 9.17) is 30.8 Å². The van der Waals surface area contributed by atoms with Crippen LogP contribution in [0.15, 0.2) is 47.5 Å². The van der Waals surface area contributed by atoms with Gasteiger partial charge in [-0.2, -0.15) is 0 Å². The van der Waals surface area contributed by atoms with Gasteiger partial charge >= 0.3 is 0 Å². The number of hydrogen-bond donors (Lipinski definition) is 3. The lowest BCUT2D eigenvalue weighted by Gasteiger charge is -2.35. The van der Waals surface area contributed by atoms with Crippen molar-refractivity contribution >= 4 is 69.8 Å². The highest BCUT2D eigenvalue weighted by Crippen LogP contribution is 2.40. The van der Waals surface area contributed by atoms with Gasteiger partial charge in [0.1, 0.15) is 22.9 Å². The molecular weight excluding hydrogens is 892 g/mol. The molecule has 6 heterocycles. The van der Waals surface area contributed by atoms with Crippen LogP contribution in [0.3, 0.4) is 0 Å². The van der Waals surface area contributed by atoms with Crippen molar-refractivity contribution in [3.8, 4) is 5.00 Å². The molecule has 2 fully saturated rings. The van der Waals surface area contributed by atoms with Crippen LogP contribution in [0.5, 0.6) is 0 Å². The summed E-state index contributed by atoms with van der Waals surface area (Å²) in [4.78, 5) is 85.9. The van der Waals surface area contributed by atoms with E-state index < -0.39 is 35.7 Å². The maximum absolute atomic E-state index is 13.8. The number of hydrazine groups is 1. The van der Waals surface area contributed by atoms with Gasteiger partial charge in [0.2, 0.25) is 23.6 Å². The number of piperazine rings is 1. The van der Waals surface area contributed by atoms with E-state index >= 15 is 0 Å². The fourth-order valence-corrected chi connectivity index (χ4v) is 9.69. The molecular formula is C45H51ClN10O9S. The summed E-state index contributed by atoms with van der Waals surface area (Å²) in [7, 11) is 0. The van der Waals surface area contributed by atoms with Crippen molar-refractivity contribution in [2.45, 2.75) is 58.5 Å². The molecule has 2 atom stereocenters. The summed E-state index contributed by atoms with van der Waals surface area (Å²) in [6.45, 7) is 10.0. The number of imide groups is 2. The maximum Gasteiger partial charge on any atom is 0.264 e. The molecule has 2 saturated heterocycles. The number of halogens is 1. The van der Waals surface area contributed by atoms with Crippen molar-refractivity contribution in [3.05, 3.63) is 91.8 Å². The van der Waals surface area contributed by atoms with E-state index in [2.05, 4.69) is 40.1 Å². The molecule has 0 saturated carbocycles. The topological polar surface area (TPSA) is 219 Å². The molecule has 66 heavy (non-hydrogen) atoms. The minimum atomic E-state index is -1.03. The number of carbonyl (C=O) groups excluding carboxylic acids is 6. The number of carbonyl (C=O) groups is 6. The predicted octanol–water partition coefficient (Wildman–Crippen LogP) is 3.32. The second-order valence-corrected chi connectivity index (χ2v) is 17.8. The van der Waals surface area contributed by atoms with E-state index in [9.17, 15) is 28.8 Å². The number of rotatable bonds is 18. The average molecular weight is 943 g/mol. The van der Waals surface area contributed by atoms with Crippen molar-refractivity contribution < 1.29 is 43.0 Å². The summed E-state index contributed by atoms with van der Waals surface area (Å²) in [5, 5.41) is 17.7. The zero-order chi connectivity index (χ0) is 46.5. The van der Waals surface area contributed by atoms with Crippen LogP contribution in [0.2, 0.25) is 5.02 Å². The summed E-state index contributed by atoms with van der Waals surface area (Å²) >= 11 is 7.91. The molecule has 2 aromatic heterocycles. The van der Waals surface area contributed by atoms with Crippen LogP contribution in [0.1, 0.15) is 85.7 Å². The highest BCUT2D eigenvalue weighted by Gasteiger charge is 2.45. The molecule has 0 bridgehead atoms. The molecule has 2 aromatic carbocycles. The Balaban J connectivity index is 0.701. The van der Waals surface area contributed by atoms with E-state index in [-0.39, 0.29) is 55.2 Å². The number of nitrogens with zero attached hydrogens (tertiary/aromatic N) is 7. The summed E-state index contributed by atoms with van der Waals surface area (Å²) in [6, 6.07) is 10.9. The van der Waals surface area contributed by atoms with E-state index in [0.29, 0.717) is 82.3 Å². The Morgan fingerprint density at radius 2 is 1.58 bits per heavy atom. The molecule has 1 unspecified atom stereocenters. The minimum Gasteiger partial charge on any atom is -0.382 e. The van der Waals surface area contributed by atoms with Gasteiger partial charge in [-0.15, -0.1) is 21.5 Å². The van der Waals surface area contributed by atoms with E-state index in [1.54, 1.807) is 34.4 Å². The number of aromatic nitrogens is 3. The third-order valence-electron chi connectivity index (χ3n) is 11.9. The lowest BCUT2D eigenvalue weighted by Crippen LogP contribution is -2.55. The van der Waals surface area contributed by atoms with Crippen LogP contribution in [0, 0.1) is 20.8 Å². The normalized spacial score (nSPS) is 18.4. The first kappa shape index (κ1) is 46.6. The fourth-order valence-electron chi connectivity index (χ4n) is 8.35. The van der Waals surface area contributed by atoms with Gasteiger partial charge in [-0.05, 0) is 57.0 Å². The zero-order valence-corrected chi connectivity index (χ0v) is 38.5. The average Bonchev–Trinajstić information content (AvgIpc) is 3.88. The number of benzene rings is 2. The number of hydrogen-bond acceptors (Lipinski definition) is 15. The van der Waals surface area contributed by atoms with Gasteiger partial charge in [-0.1, -0.05) is 29.8 Å². The SMILES string of the molecule is Cc1sc2c(c1C)C(c1ccc(Cl)cc1)=N[C@@H](CC(=O)N1CCN(NC(=O)CCOCCOCCOCCNc3cccc4c3C(=O)N(C3CCC(=O)NC3=O)C4=O)CC1)c1nnc(C)n1-2. The highest BCUT2D eigenvalue weighted by molar-refractivity contribution is 7.15. The van der Waals surface area contributed by atoms with Crippen LogP contribution < -0.4 is 16.1 Å². The summed E-state index contributed by atoms with van der Waals surface area (Å²) in [5.41, 5.74) is 7.59. The van der Waals surface area contributed by atoms with Gasteiger partial charge < -0.3 is 24.4 Å². The lowest BCUT2D eigenvalue weighted by atomic mass is 9.99. The Morgan fingerprint density at radius 1 is 0.864 bits per heavy atom. The van der Waals surface area contributed by atoms with Crippen molar-refractivity contribution in [2.75, 3.05) is 77.7 Å². The van der Waals surface area contributed by atoms with Crippen molar-refractivity contribution in [1.82, 2.24) is 40.3 Å². The molecule has 4 aromatic rings. The Bertz CT molecular complexity index is 2550. The number of amides is 6. The predicted molar refractivity (Wildman–Crippen MR) is 243 cm³/mol. The van der Waals surface area contributed by atoms with E-state index in [1.165, 1.54) is 4.88 Å². The number of anilines is 1. The Hall–Kier alpha value is -5.90. The van der Waals surface area contributed by atoms with Crippen LogP contribution in [0.25, 0.3) is 5.00 Å². The number of ether oxygens (including phenoxy) is 3. The highest BCUT2D eigenvalue weighted by atomic mass is 35.5. The van der Waals surface area contributed by atoms with Crippen LogP contribution in [-0.4, -0.2) is 149 Å². The number of nitrogens with one attached hydrogen (secondary N) is 3. The zero-order valence-electron chi connectivity index (χ0n) is 36.9. The van der Waals surface area contributed by atoms with E-state index in [0.717, 1.165) is 38.1 Å². The van der Waals surface area contributed by atoms with Crippen LogP contribution in [-0.2, 0) is 33.4 Å². The van der Waals surface area contributed by atoms with Crippen molar-refractivity contribution in [1.29, 1.82) is 0 Å². The van der Waals surface area contributed by atoms with Gasteiger partial charge in [0.15, 0.2) is 5.82 Å². The maximum atomic E-state index is 13.8. The fraction of sp³-hybridized carbons (Fsp3) is 0.444. The first-order valence-electron chi connectivity index (χ1n) is 21.9. The third-order valence-corrected chi connectivity index (χ3v) is 13.3. The number of fused-ring (bicyclic) bond motifs is 4. The Labute approximate surface area is 389 Å². The Kier molecular flexibility index (Phi) is 14.6. The molecule has 21 heteroatoms. The van der Waals surface area contributed by atoms with E-state index in [1.807, 2.05) is 40.8 Å². The molecule has 6 amide bonds. The van der Waals surface area contributed by atoms with Gasteiger partial charge in [0.05, 0.1) is 69.3 Å². The second-order valence-electron chi connectivity index (χ2n) is 16.2. The molecule has 0 radical (unpaired) electrons. The molecule has 4 aliphatic rings. The minimum absolute atomic E-state index is 0.0489. The van der Waals surface area contributed by atoms with Crippen molar-refractivity contribution in [2.24, 2.45) is 4.99 Å². The molecule has 8 rings (SSSR count). The van der Waals surface area contributed by atoms with Gasteiger partial charge in [-0.3, -0.25) is 54.0 Å². The van der Waals surface area contributed by atoms with Crippen LogP contribution >= 0.6 is 22.9 Å². The molecule has 19 nitrogen and oxygen atoms in total. The second kappa shape index (κ2) is 20.7. The largest absolute Gasteiger partial charge is 0.382 e. The van der Waals surface area contributed by atoms with Gasteiger partial charge in [0.25, 0.3) is 11.8 Å².